The Morgan fingerprint density at radius 2 is 2.00 bits per heavy atom. The molecule has 0 aliphatic heterocycles. The lowest BCUT2D eigenvalue weighted by Gasteiger charge is -1.98. The molecule has 1 atom stereocenters. The van der Waals surface area contributed by atoms with Crippen molar-refractivity contribution in [3.63, 3.8) is 0 Å². The zero-order valence-electron chi connectivity index (χ0n) is 6.00. The Kier molecular flexibility index (Phi) is 2.95. The highest BCUT2D eigenvalue weighted by Crippen LogP contribution is 2.06. The molecule has 0 spiro atoms. The largest absolute Gasteiger partial charge is 0.197 e. The number of benzene rings is 1. The topological polar surface area (TPSA) is 23.8 Å². The first kappa shape index (κ1) is 8.10. The second kappa shape index (κ2) is 4.00. The van der Waals surface area contributed by atoms with Gasteiger partial charge in [-0.25, -0.2) is 0 Å². The molecule has 0 aliphatic rings. The lowest BCUT2D eigenvalue weighted by Crippen LogP contribution is -1.98. The molecule has 0 saturated heterocycles. The average molecular weight is 166 g/mol. The van der Waals surface area contributed by atoms with E-state index in [0.29, 0.717) is 6.42 Å². The van der Waals surface area contributed by atoms with E-state index >= 15 is 0 Å². The number of rotatable bonds is 2. The maximum atomic E-state index is 8.41. The van der Waals surface area contributed by atoms with Gasteiger partial charge in [0, 0.05) is 6.42 Å². The van der Waals surface area contributed by atoms with E-state index < -0.39 is 5.38 Å². The van der Waals surface area contributed by atoms with Gasteiger partial charge in [0.15, 0.2) is 0 Å². The Balaban J connectivity index is 2.60. The van der Waals surface area contributed by atoms with E-state index in [4.69, 9.17) is 16.9 Å². The van der Waals surface area contributed by atoms with Crippen LogP contribution in [0, 0.1) is 11.3 Å². The molecule has 0 N–H and O–H groups in total. The molecule has 0 heterocycles. The van der Waals surface area contributed by atoms with Crippen molar-refractivity contribution < 1.29 is 0 Å². The van der Waals surface area contributed by atoms with Gasteiger partial charge in [-0.15, -0.1) is 11.6 Å². The maximum Gasteiger partial charge on any atom is 0.124 e. The van der Waals surface area contributed by atoms with E-state index in [1.165, 1.54) is 0 Å². The molecule has 0 fully saturated rings. The van der Waals surface area contributed by atoms with E-state index in [-0.39, 0.29) is 0 Å². The maximum absolute atomic E-state index is 8.41. The van der Waals surface area contributed by atoms with Crippen LogP contribution in [0.5, 0.6) is 0 Å². The van der Waals surface area contributed by atoms with Gasteiger partial charge < -0.3 is 0 Å². The van der Waals surface area contributed by atoms with Crippen molar-refractivity contribution in [2.75, 3.05) is 0 Å². The fourth-order valence-electron chi connectivity index (χ4n) is 0.867. The van der Waals surface area contributed by atoms with Crippen LogP contribution in [0.4, 0.5) is 0 Å². The highest BCUT2D eigenvalue weighted by atomic mass is 35.5. The van der Waals surface area contributed by atoms with E-state index in [0.717, 1.165) is 5.56 Å². The minimum absolute atomic E-state index is 0.405. The van der Waals surface area contributed by atoms with E-state index in [9.17, 15) is 0 Å². The predicted molar refractivity (Wildman–Crippen MR) is 45.4 cm³/mol. The second-order valence-corrected chi connectivity index (χ2v) is 2.81. The molecule has 0 amide bonds. The normalized spacial score (nSPS) is 12.0. The highest BCUT2D eigenvalue weighted by molar-refractivity contribution is 6.22. The molecule has 56 valence electrons. The fourth-order valence-corrected chi connectivity index (χ4v) is 1.04. The SMILES string of the molecule is N#C[C@@H](Cl)Cc1ccccc1. The summed E-state index contributed by atoms with van der Waals surface area (Å²) in [4.78, 5) is 0. The molecule has 0 saturated carbocycles. The minimum Gasteiger partial charge on any atom is -0.197 e. The molecule has 1 rings (SSSR count). The van der Waals surface area contributed by atoms with Gasteiger partial charge in [-0.2, -0.15) is 5.26 Å². The molecule has 11 heavy (non-hydrogen) atoms. The zero-order valence-corrected chi connectivity index (χ0v) is 6.75. The van der Waals surface area contributed by atoms with Crippen LogP contribution >= 0.6 is 11.6 Å². The lowest BCUT2D eigenvalue weighted by atomic mass is 10.1. The summed E-state index contributed by atoms with van der Waals surface area (Å²) in [6, 6.07) is 11.7. The molecule has 1 aromatic rings. The van der Waals surface area contributed by atoms with Gasteiger partial charge in [0.2, 0.25) is 0 Å². The first-order valence-corrected chi connectivity index (χ1v) is 3.84. The van der Waals surface area contributed by atoms with Crippen LogP contribution in [-0.2, 0) is 6.42 Å². The van der Waals surface area contributed by atoms with Gasteiger partial charge >= 0.3 is 0 Å². The molecule has 0 bridgehead atoms. The zero-order chi connectivity index (χ0) is 8.10. The van der Waals surface area contributed by atoms with Gasteiger partial charge in [0.1, 0.15) is 5.38 Å². The molecule has 1 nitrogen and oxygen atoms in total. The van der Waals surface area contributed by atoms with Crippen LogP contribution in [0.15, 0.2) is 30.3 Å². The van der Waals surface area contributed by atoms with Crippen LogP contribution in [0.2, 0.25) is 0 Å². The van der Waals surface area contributed by atoms with Crippen molar-refractivity contribution in [2.45, 2.75) is 11.8 Å². The number of halogens is 1. The minimum atomic E-state index is -0.405. The first-order chi connectivity index (χ1) is 5.33. The van der Waals surface area contributed by atoms with Crippen LogP contribution in [0.1, 0.15) is 5.56 Å². The van der Waals surface area contributed by atoms with Gasteiger partial charge in [0.25, 0.3) is 0 Å². The third-order valence-electron chi connectivity index (χ3n) is 1.40. The smallest absolute Gasteiger partial charge is 0.124 e. The quantitative estimate of drug-likeness (QED) is 0.618. The van der Waals surface area contributed by atoms with E-state index in [1.807, 2.05) is 36.4 Å². The Morgan fingerprint density at radius 1 is 1.36 bits per heavy atom. The summed E-state index contributed by atoms with van der Waals surface area (Å²) in [5.74, 6) is 0. The average Bonchev–Trinajstić information content (AvgIpc) is 2.06. The molecule has 0 unspecified atom stereocenters. The molecule has 2 heteroatoms. The van der Waals surface area contributed by atoms with Crippen molar-refractivity contribution in [3.8, 4) is 6.07 Å². The lowest BCUT2D eigenvalue weighted by molar-refractivity contribution is 1.02. The van der Waals surface area contributed by atoms with Gasteiger partial charge in [-0.05, 0) is 5.56 Å². The first-order valence-electron chi connectivity index (χ1n) is 3.40. The number of nitrogens with zero attached hydrogens (tertiary/aromatic N) is 1. The summed E-state index contributed by atoms with van der Waals surface area (Å²) in [6.45, 7) is 0. The molecule has 0 aromatic heterocycles. The summed E-state index contributed by atoms with van der Waals surface area (Å²) in [5.41, 5.74) is 1.11. The van der Waals surface area contributed by atoms with Gasteiger partial charge in [-0.3, -0.25) is 0 Å². The van der Waals surface area contributed by atoms with Gasteiger partial charge in [-0.1, -0.05) is 30.3 Å². The number of alkyl halides is 1. The van der Waals surface area contributed by atoms with Gasteiger partial charge in [0.05, 0.1) is 6.07 Å². The number of hydrogen-bond donors (Lipinski definition) is 0. The van der Waals surface area contributed by atoms with Crippen LogP contribution < -0.4 is 0 Å². The Morgan fingerprint density at radius 3 is 2.55 bits per heavy atom. The van der Waals surface area contributed by atoms with Crippen molar-refractivity contribution in [3.05, 3.63) is 35.9 Å². The molecule has 0 radical (unpaired) electrons. The van der Waals surface area contributed by atoms with Crippen molar-refractivity contribution in [1.29, 1.82) is 5.26 Å². The second-order valence-electron chi connectivity index (χ2n) is 2.29. The highest BCUT2D eigenvalue weighted by Gasteiger charge is 2.01. The summed E-state index contributed by atoms with van der Waals surface area (Å²) >= 11 is 5.64. The third kappa shape index (κ3) is 2.61. The molecular formula is C9H8ClN. The summed E-state index contributed by atoms with van der Waals surface area (Å²) in [7, 11) is 0. The van der Waals surface area contributed by atoms with Crippen LogP contribution in [0.25, 0.3) is 0 Å². The van der Waals surface area contributed by atoms with Crippen LogP contribution in [-0.4, -0.2) is 5.38 Å². The number of hydrogen-bond acceptors (Lipinski definition) is 1. The summed E-state index contributed by atoms with van der Waals surface area (Å²) in [5, 5.41) is 8.01. The van der Waals surface area contributed by atoms with E-state index in [1.54, 1.807) is 0 Å². The Hall–Kier alpha value is -1.00. The summed E-state index contributed by atoms with van der Waals surface area (Å²) < 4.78 is 0. The van der Waals surface area contributed by atoms with Crippen molar-refractivity contribution in [2.24, 2.45) is 0 Å². The third-order valence-corrected chi connectivity index (χ3v) is 1.65. The van der Waals surface area contributed by atoms with Crippen molar-refractivity contribution >= 4 is 11.6 Å². The standard InChI is InChI=1S/C9H8ClN/c10-9(7-11)6-8-4-2-1-3-5-8/h1-5,9H,6H2/t9-/m0/s1. The van der Waals surface area contributed by atoms with Crippen molar-refractivity contribution in [1.82, 2.24) is 0 Å². The molecular weight excluding hydrogens is 158 g/mol. The molecule has 0 aliphatic carbocycles. The Bertz CT molecular complexity index is 250. The summed E-state index contributed by atoms with van der Waals surface area (Å²) in [6.07, 6.45) is 0.624. The molecule has 1 aromatic carbocycles. The van der Waals surface area contributed by atoms with E-state index in [2.05, 4.69) is 0 Å². The van der Waals surface area contributed by atoms with Crippen LogP contribution in [0.3, 0.4) is 0 Å². The monoisotopic (exact) mass is 165 g/mol. The Labute approximate surface area is 71.2 Å². The number of nitriles is 1. The predicted octanol–water partition coefficient (Wildman–Crippen LogP) is 2.36. The fraction of sp³-hybridized carbons (Fsp3) is 0.222.